The third kappa shape index (κ3) is 3.77. The van der Waals surface area contributed by atoms with Gasteiger partial charge in [-0.1, -0.05) is 18.3 Å². The van der Waals surface area contributed by atoms with Crippen LogP contribution in [0.2, 0.25) is 0 Å². The average Bonchev–Trinajstić information content (AvgIpc) is 2.42. The summed E-state index contributed by atoms with van der Waals surface area (Å²) in [7, 11) is 1.60. The summed E-state index contributed by atoms with van der Waals surface area (Å²) in [5.74, 6) is 1.91. The van der Waals surface area contributed by atoms with Crippen molar-refractivity contribution in [2.45, 2.75) is 0 Å². The van der Waals surface area contributed by atoms with Crippen molar-refractivity contribution < 1.29 is 9.47 Å². The molecule has 0 amide bonds. The highest BCUT2D eigenvalue weighted by atomic mass is 79.9. The Labute approximate surface area is 153 Å². The molecule has 0 saturated carbocycles. The minimum Gasteiger partial charge on any atom is -0.496 e. The second-order valence-electron chi connectivity index (χ2n) is 4.00. The number of ether oxygens (including phenoxy) is 2. The highest BCUT2D eigenvalue weighted by molar-refractivity contribution is 9.11. The minimum atomic E-state index is 0.265. The molecule has 2 aromatic rings. The predicted octanol–water partition coefficient (Wildman–Crippen LogP) is 5.41. The summed E-state index contributed by atoms with van der Waals surface area (Å²) < 4.78 is 13.5. The summed E-state index contributed by atoms with van der Waals surface area (Å²) >= 11 is 15.4. The van der Waals surface area contributed by atoms with Gasteiger partial charge in [0.05, 0.1) is 21.6 Å². The number of hydrogen-bond donors (Lipinski definition) is 1. The molecule has 3 nitrogen and oxygen atoms in total. The largest absolute Gasteiger partial charge is 0.496 e. The predicted molar refractivity (Wildman–Crippen MR) is 98.5 cm³/mol. The Kier molecular flexibility index (Phi) is 5.65. The number of rotatable bonds is 4. The fourth-order valence-corrected chi connectivity index (χ4v) is 3.48. The minimum absolute atomic E-state index is 0.265. The molecule has 0 radical (unpaired) electrons. The molecule has 110 valence electrons. The molecule has 0 aliphatic heterocycles. The normalized spacial score (nSPS) is 10.3. The van der Waals surface area contributed by atoms with Gasteiger partial charge in [-0.15, -0.1) is 0 Å². The van der Waals surface area contributed by atoms with E-state index in [2.05, 4.69) is 47.8 Å². The molecule has 2 aromatic carbocycles. The zero-order chi connectivity index (χ0) is 15.6. The summed E-state index contributed by atoms with van der Waals surface area (Å²) in [6.07, 6.45) is 0. The smallest absolute Gasteiger partial charge is 0.143 e. The van der Waals surface area contributed by atoms with E-state index >= 15 is 0 Å². The van der Waals surface area contributed by atoms with Gasteiger partial charge in [0.1, 0.15) is 22.2 Å². The van der Waals surface area contributed by atoms with Crippen molar-refractivity contribution >= 4 is 65.0 Å². The highest BCUT2D eigenvalue weighted by Crippen LogP contribution is 2.39. The molecule has 0 unspecified atom stereocenters. The first-order valence-electron chi connectivity index (χ1n) is 5.73. The molecule has 0 fully saturated rings. The maximum atomic E-state index is 5.93. The van der Waals surface area contributed by atoms with E-state index in [9.17, 15) is 0 Å². The number of nitrogens with two attached hydrogens (primary N) is 1. The van der Waals surface area contributed by atoms with E-state index in [4.69, 9.17) is 27.4 Å². The van der Waals surface area contributed by atoms with E-state index < -0.39 is 0 Å². The van der Waals surface area contributed by atoms with Crippen LogP contribution in [0.1, 0.15) is 5.56 Å². The van der Waals surface area contributed by atoms with Gasteiger partial charge < -0.3 is 15.2 Å². The lowest BCUT2D eigenvalue weighted by atomic mass is 10.2. The quantitative estimate of drug-likeness (QED) is 0.576. The first-order valence-corrected chi connectivity index (χ1v) is 8.52. The molecule has 0 spiro atoms. The Bertz CT molecular complexity index is 707. The molecule has 0 aromatic heterocycles. The second-order valence-corrected chi connectivity index (χ2v) is 7.00. The van der Waals surface area contributed by atoms with Crippen LogP contribution in [0.4, 0.5) is 0 Å². The average molecular weight is 496 g/mol. The maximum Gasteiger partial charge on any atom is 0.143 e. The van der Waals surface area contributed by atoms with E-state index in [-0.39, 0.29) is 4.99 Å². The van der Waals surface area contributed by atoms with Gasteiger partial charge in [0.15, 0.2) is 0 Å². The molecule has 0 bridgehead atoms. The lowest BCUT2D eigenvalue weighted by Crippen LogP contribution is -2.11. The highest BCUT2D eigenvalue weighted by Gasteiger charge is 2.14. The number of hydrogen-bond acceptors (Lipinski definition) is 3. The van der Waals surface area contributed by atoms with Crippen molar-refractivity contribution in [1.82, 2.24) is 0 Å². The summed E-state index contributed by atoms with van der Waals surface area (Å²) in [5, 5.41) is 0. The molecular formula is C14H10Br3NO2S. The fraction of sp³-hybridized carbons (Fsp3) is 0.0714. The SMILES string of the molecule is COc1cc(Br)c(Oc2cccc(Br)c2C(N)=S)cc1Br. The van der Waals surface area contributed by atoms with Crippen LogP contribution >= 0.6 is 60.0 Å². The van der Waals surface area contributed by atoms with Crippen molar-refractivity contribution in [2.75, 3.05) is 7.11 Å². The lowest BCUT2D eigenvalue weighted by Gasteiger charge is -2.14. The Morgan fingerprint density at radius 3 is 2.24 bits per heavy atom. The van der Waals surface area contributed by atoms with Gasteiger partial charge in [0.2, 0.25) is 0 Å². The second kappa shape index (κ2) is 7.09. The number of thiocarbonyl (C=S) groups is 1. The van der Waals surface area contributed by atoms with E-state index in [1.807, 2.05) is 30.3 Å². The summed E-state index contributed by atoms with van der Waals surface area (Å²) in [6, 6.07) is 9.16. The van der Waals surface area contributed by atoms with Gasteiger partial charge in [-0.2, -0.15) is 0 Å². The number of halogens is 3. The standard InChI is InChI=1S/C14H10Br3NO2S/c1-19-11-5-9(17)12(6-8(11)16)20-10-4-2-3-7(15)13(10)14(18)21/h2-6H,1H3,(H2,18,21). The van der Waals surface area contributed by atoms with Gasteiger partial charge in [-0.05, 0) is 72.1 Å². The van der Waals surface area contributed by atoms with Gasteiger partial charge >= 0.3 is 0 Å². The van der Waals surface area contributed by atoms with Crippen LogP contribution in [0, 0.1) is 0 Å². The van der Waals surface area contributed by atoms with Crippen LogP contribution in [0.25, 0.3) is 0 Å². The Hall–Kier alpha value is -0.630. The maximum absolute atomic E-state index is 5.93. The van der Waals surface area contributed by atoms with Crippen molar-refractivity contribution in [1.29, 1.82) is 0 Å². The van der Waals surface area contributed by atoms with Crippen LogP contribution in [0.15, 0.2) is 43.7 Å². The molecule has 2 rings (SSSR count). The third-order valence-corrected chi connectivity index (χ3v) is 4.75. The van der Waals surface area contributed by atoms with Gasteiger partial charge in [0, 0.05) is 4.47 Å². The monoisotopic (exact) mass is 493 g/mol. The first-order chi connectivity index (χ1) is 9.93. The molecule has 7 heteroatoms. The molecule has 21 heavy (non-hydrogen) atoms. The third-order valence-electron chi connectivity index (χ3n) is 2.65. The van der Waals surface area contributed by atoms with Crippen LogP contribution in [0.5, 0.6) is 17.2 Å². The van der Waals surface area contributed by atoms with Crippen LogP contribution < -0.4 is 15.2 Å². The van der Waals surface area contributed by atoms with E-state index in [0.717, 1.165) is 13.4 Å². The molecule has 0 heterocycles. The van der Waals surface area contributed by atoms with Crippen LogP contribution in [-0.4, -0.2) is 12.1 Å². The molecule has 0 atom stereocenters. The summed E-state index contributed by atoms with van der Waals surface area (Å²) in [5.41, 5.74) is 6.42. The summed E-state index contributed by atoms with van der Waals surface area (Å²) in [6.45, 7) is 0. The molecule has 2 N–H and O–H groups in total. The van der Waals surface area contributed by atoms with Crippen molar-refractivity contribution in [3.63, 3.8) is 0 Å². The van der Waals surface area contributed by atoms with E-state index in [1.165, 1.54) is 0 Å². The van der Waals surface area contributed by atoms with E-state index in [0.29, 0.717) is 22.8 Å². The molecule has 0 saturated heterocycles. The Balaban J connectivity index is 2.46. The van der Waals surface area contributed by atoms with Gasteiger partial charge in [-0.25, -0.2) is 0 Å². The first kappa shape index (κ1) is 16.7. The van der Waals surface area contributed by atoms with Crippen LogP contribution in [-0.2, 0) is 0 Å². The number of benzene rings is 2. The fourth-order valence-electron chi connectivity index (χ4n) is 1.69. The topological polar surface area (TPSA) is 44.5 Å². The van der Waals surface area contributed by atoms with Gasteiger partial charge in [-0.3, -0.25) is 0 Å². The lowest BCUT2D eigenvalue weighted by molar-refractivity contribution is 0.409. The zero-order valence-corrected chi connectivity index (χ0v) is 16.4. The van der Waals surface area contributed by atoms with Crippen LogP contribution in [0.3, 0.4) is 0 Å². The molecule has 0 aliphatic rings. The zero-order valence-electron chi connectivity index (χ0n) is 10.8. The molecule has 0 aliphatic carbocycles. The van der Waals surface area contributed by atoms with Crippen molar-refractivity contribution in [2.24, 2.45) is 5.73 Å². The van der Waals surface area contributed by atoms with E-state index in [1.54, 1.807) is 7.11 Å². The number of methoxy groups -OCH3 is 1. The van der Waals surface area contributed by atoms with Crippen molar-refractivity contribution in [3.05, 3.63) is 49.3 Å². The molecular weight excluding hydrogens is 486 g/mol. The van der Waals surface area contributed by atoms with Gasteiger partial charge in [0.25, 0.3) is 0 Å². The van der Waals surface area contributed by atoms with Crippen molar-refractivity contribution in [3.8, 4) is 17.2 Å². The Morgan fingerprint density at radius 1 is 1.00 bits per heavy atom. The Morgan fingerprint density at radius 2 is 1.62 bits per heavy atom. The summed E-state index contributed by atoms with van der Waals surface area (Å²) in [4.78, 5) is 0.265.